The Kier molecular flexibility index (Phi) is 1.71. The summed E-state index contributed by atoms with van der Waals surface area (Å²) in [6.07, 6.45) is 5.49. The zero-order chi connectivity index (χ0) is 11.6. The highest BCUT2D eigenvalue weighted by Crippen LogP contribution is 2.76. The van der Waals surface area contributed by atoms with Crippen LogP contribution in [0.1, 0.15) is 18.9 Å². The van der Waals surface area contributed by atoms with E-state index >= 15 is 0 Å². The third kappa shape index (κ3) is 1.16. The van der Waals surface area contributed by atoms with E-state index in [2.05, 4.69) is 19.5 Å². The fourth-order valence-electron chi connectivity index (χ4n) is 3.03. The largest absolute Gasteiger partial charge is 0.396 e. The summed E-state index contributed by atoms with van der Waals surface area (Å²) in [4.78, 5) is 12.4. The van der Waals surface area contributed by atoms with Gasteiger partial charge >= 0.3 is 0 Å². The number of aromatic nitrogens is 4. The lowest BCUT2D eigenvalue weighted by Gasteiger charge is -2.01. The average Bonchev–Trinajstić information content (AvgIpc) is 3.18. The second-order valence-corrected chi connectivity index (χ2v) is 5.38. The van der Waals surface area contributed by atoms with Gasteiger partial charge < -0.3 is 9.67 Å². The molecule has 2 aromatic heterocycles. The maximum Gasteiger partial charge on any atom is 0.165 e. The minimum atomic E-state index is 0.291. The Labute approximate surface area is 102 Å². The van der Waals surface area contributed by atoms with Gasteiger partial charge in [0.05, 0.1) is 6.33 Å². The highest BCUT2D eigenvalue weighted by Gasteiger charge is 2.71. The van der Waals surface area contributed by atoms with Crippen LogP contribution in [0.3, 0.4) is 0 Å². The lowest BCUT2D eigenvalue weighted by molar-refractivity contribution is 0.264. The van der Waals surface area contributed by atoms with E-state index in [0.717, 1.165) is 18.5 Å². The molecule has 6 heteroatoms. The first-order valence-electron chi connectivity index (χ1n) is 5.70. The Morgan fingerprint density at radius 2 is 2.29 bits per heavy atom. The topological polar surface area (TPSA) is 63.8 Å². The minimum Gasteiger partial charge on any atom is -0.396 e. The van der Waals surface area contributed by atoms with E-state index in [1.165, 1.54) is 6.33 Å². The number of halogens is 1. The lowest BCUT2D eigenvalue weighted by Crippen LogP contribution is -1.99. The lowest BCUT2D eigenvalue weighted by atomic mass is 10.3. The van der Waals surface area contributed by atoms with Gasteiger partial charge in [-0.05, 0) is 24.2 Å². The molecule has 0 bridgehead atoms. The van der Waals surface area contributed by atoms with Crippen LogP contribution in [0.2, 0.25) is 5.15 Å². The van der Waals surface area contributed by atoms with Crippen LogP contribution in [0.4, 0.5) is 0 Å². The summed E-state index contributed by atoms with van der Waals surface area (Å²) in [5.41, 5.74) is 1.78. The van der Waals surface area contributed by atoms with E-state index in [0.29, 0.717) is 34.7 Å². The van der Waals surface area contributed by atoms with Gasteiger partial charge in [0.2, 0.25) is 0 Å². The third-order valence-corrected chi connectivity index (χ3v) is 4.50. The summed E-state index contributed by atoms with van der Waals surface area (Å²) in [6.45, 7) is 0.291. The van der Waals surface area contributed by atoms with Gasteiger partial charge in [0.15, 0.2) is 10.8 Å². The molecule has 0 unspecified atom stereocenters. The molecule has 1 N–H and O–H groups in total. The van der Waals surface area contributed by atoms with Crippen LogP contribution in [-0.2, 0) is 0 Å². The van der Waals surface area contributed by atoms with Crippen LogP contribution >= 0.6 is 11.6 Å². The van der Waals surface area contributed by atoms with E-state index in [1.807, 2.05) is 0 Å². The summed E-state index contributed by atoms with van der Waals surface area (Å²) in [5.74, 6) is 0.460. The molecule has 2 saturated carbocycles. The Hall–Kier alpha value is -1.20. The van der Waals surface area contributed by atoms with Crippen molar-refractivity contribution in [2.24, 2.45) is 11.3 Å². The average molecular weight is 251 g/mol. The zero-order valence-electron chi connectivity index (χ0n) is 9.04. The number of hydrogen-bond acceptors (Lipinski definition) is 4. The van der Waals surface area contributed by atoms with Crippen molar-refractivity contribution in [3.8, 4) is 0 Å². The number of nitrogens with zero attached hydrogens (tertiary/aromatic N) is 4. The highest BCUT2D eigenvalue weighted by molar-refractivity contribution is 6.33. The molecule has 0 saturated heterocycles. The Bertz CT molecular complexity index is 613. The molecule has 88 valence electrons. The second kappa shape index (κ2) is 2.97. The molecule has 2 aliphatic carbocycles. The molecule has 0 radical (unpaired) electrons. The van der Waals surface area contributed by atoms with Crippen molar-refractivity contribution >= 4 is 22.8 Å². The fraction of sp³-hybridized carbons (Fsp3) is 0.545. The van der Waals surface area contributed by atoms with Gasteiger partial charge in [-0.1, -0.05) is 11.6 Å². The molecule has 1 spiro atoms. The highest BCUT2D eigenvalue weighted by atomic mass is 35.5. The maximum absolute atomic E-state index is 9.18. The summed E-state index contributed by atoms with van der Waals surface area (Å²) in [6, 6.07) is 0.426. The van der Waals surface area contributed by atoms with Crippen molar-refractivity contribution in [2.75, 3.05) is 6.61 Å². The second-order valence-electron chi connectivity index (χ2n) is 5.03. The van der Waals surface area contributed by atoms with E-state index in [-0.39, 0.29) is 0 Å². The first-order chi connectivity index (χ1) is 8.26. The number of aliphatic hydroxyl groups is 1. The van der Waals surface area contributed by atoms with Gasteiger partial charge in [0.25, 0.3) is 0 Å². The molecule has 17 heavy (non-hydrogen) atoms. The number of hydrogen-bond donors (Lipinski definition) is 1. The van der Waals surface area contributed by atoms with Crippen LogP contribution in [0.25, 0.3) is 11.2 Å². The van der Waals surface area contributed by atoms with Gasteiger partial charge in [-0.15, -0.1) is 0 Å². The Balaban J connectivity index is 1.77. The van der Waals surface area contributed by atoms with Crippen molar-refractivity contribution in [3.63, 3.8) is 0 Å². The normalized spacial score (nSPS) is 34.5. The Morgan fingerprint density at radius 3 is 3.06 bits per heavy atom. The molecule has 2 aromatic rings. The van der Waals surface area contributed by atoms with Crippen molar-refractivity contribution in [3.05, 3.63) is 17.8 Å². The van der Waals surface area contributed by atoms with Crippen LogP contribution in [0.5, 0.6) is 0 Å². The summed E-state index contributed by atoms with van der Waals surface area (Å²) in [5, 5.41) is 9.58. The van der Waals surface area contributed by atoms with E-state index in [1.54, 1.807) is 6.33 Å². The molecule has 4 rings (SSSR count). The molecule has 5 nitrogen and oxygen atoms in total. The Morgan fingerprint density at radius 1 is 1.41 bits per heavy atom. The SMILES string of the molecule is OC[C@H]1C[C@@]12C[C@@H]2n1cnc2c(Cl)ncnc21. The first kappa shape index (κ1) is 9.79. The number of aliphatic hydroxyl groups excluding tert-OH is 1. The van der Waals surface area contributed by atoms with Crippen molar-refractivity contribution in [2.45, 2.75) is 18.9 Å². The molecule has 0 amide bonds. The van der Waals surface area contributed by atoms with Crippen LogP contribution in [-0.4, -0.2) is 31.2 Å². The summed E-state index contributed by atoms with van der Waals surface area (Å²) >= 11 is 5.97. The van der Waals surface area contributed by atoms with E-state index < -0.39 is 0 Å². The number of rotatable bonds is 2. The predicted molar refractivity (Wildman–Crippen MR) is 61.6 cm³/mol. The molecule has 0 aliphatic heterocycles. The molecule has 2 heterocycles. The van der Waals surface area contributed by atoms with Crippen LogP contribution in [0.15, 0.2) is 12.7 Å². The number of fused-ring (bicyclic) bond motifs is 1. The zero-order valence-corrected chi connectivity index (χ0v) is 9.80. The quantitative estimate of drug-likeness (QED) is 0.819. The van der Waals surface area contributed by atoms with E-state index in [9.17, 15) is 5.11 Å². The van der Waals surface area contributed by atoms with Crippen molar-refractivity contribution < 1.29 is 5.11 Å². The van der Waals surface area contributed by atoms with Gasteiger partial charge in [-0.25, -0.2) is 15.0 Å². The van der Waals surface area contributed by atoms with Crippen LogP contribution in [0, 0.1) is 11.3 Å². The fourth-order valence-corrected chi connectivity index (χ4v) is 3.21. The smallest absolute Gasteiger partial charge is 0.165 e. The van der Waals surface area contributed by atoms with Gasteiger partial charge in [-0.2, -0.15) is 0 Å². The molecule has 0 aromatic carbocycles. The van der Waals surface area contributed by atoms with Gasteiger partial charge in [0.1, 0.15) is 11.8 Å². The van der Waals surface area contributed by atoms with Gasteiger partial charge in [-0.3, -0.25) is 0 Å². The minimum absolute atomic E-state index is 0.291. The molecular formula is C11H11ClN4O. The monoisotopic (exact) mass is 250 g/mol. The molecular weight excluding hydrogens is 240 g/mol. The maximum atomic E-state index is 9.18. The standard InChI is InChI=1S/C11H11ClN4O/c12-9-8-10(14-4-13-9)16(5-15-8)7-2-11(7)1-6(11)3-17/h4-7,17H,1-3H2/t6-,7+,11-/m1/s1. The molecule has 2 aliphatic rings. The predicted octanol–water partition coefficient (Wildman–Crippen LogP) is 1.42. The van der Waals surface area contributed by atoms with Crippen molar-refractivity contribution in [1.82, 2.24) is 19.5 Å². The van der Waals surface area contributed by atoms with E-state index in [4.69, 9.17) is 11.6 Å². The summed E-state index contributed by atoms with van der Waals surface area (Å²) in [7, 11) is 0. The molecule has 3 atom stereocenters. The molecule has 2 fully saturated rings. The number of imidazole rings is 1. The first-order valence-corrected chi connectivity index (χ1v) is 6.08. The third-order valence-electron chi connectivity index (χ3n) is 4.23. The van der Waals surface area contributed by atoms with Crippen LogP contribution < -0.4 is 0 Å². The summed E-state index contributed by atoms with van der Waals surface area (Å²) < 4.78 is 2.08. The van der Waals surface area contributed by atoms with Gasteiger partial charge in [0, 0.05) is 12.6 Å². The van der Waals surface area contributed by atoms with Crippen molar-refractivity contribution in [1.29, 1.82) is 0 Å².